The summed E-state index contributed by atoms with van der Waals surface area (Å²) in [4.78, 5) is 14.0. The molecule has 0 bridgehead atoms. The van der Waals surface area contributed by atoms with Gasteiger partial charge in [0, 0.05) is 22.4 Å². The molecule has 0 N–H and O–H groups in total. The molecular weight excluding hydrogens is 354 g/mol. The standard InChI is InChI=1S/C14H14BrN3O4/c15-11-3-1-10(2-4-11)8-21-9-12-5-6-17-7-13(18(19)20)16-14(17)22-12/h1-4,7,12H,5-6,8-9H2/t12-/m1/s1. The van der Waals surface area contributed by atoms with Gasteiger partial charge in [0.05, 0.1) is 13.2 Å². The van der Waals surface area contributed by atoms with Crippen molar-refractivity contribution >= 4 is 21.7 Å². The van der Waals surface area contributed by atoms with Crippen molar-refractivity contribution in [3.63, 3.8) is 0 Å². The summed E-state index contributed by atoms with van der Waals surface area (Å²) < 4.78 is 14.0. The van der Waals surface area contributed by atoms with E-state index in [0.29, 0.717) is 19.8 Å². The Labute approximate surface area is 135 Å². The third-order valence-electron chi connectivity index (χ3n) is 3.36. The highest BCUT2D eigenvalue weighted by Crippen LogP contribution is 2.24. The average Bonchev–Trinajstić information content (AvgIpc) is 2.93. The minimum atomic E-state index is -0.520. The molecule has 0 aliphatic carbocycles. The van der Waals surface area contributed by atoms with E-state index in [1.165, 1.54) is 6.20 Å². The fourth-order valence-corrected chi connectivity index (χ4v) is 2.49. The molecule has 1 aliphatic rings. The number of aryl methyl sites for hydroxylation is 1. The first-order valence-corrected chi connectivity index (χ1v) is 7.61. The summed E-state index contributed by atoms with van der Waals surface area (Å²) in [5, 5.41) is 10.7. The zero-order valence-corrected chi connectivity index (χ0v) is 13.2. The number of nitro groups is 1. The molecule has 116 valence electrons. The molecule has 0 unspecified atom stereocenters. The number of halogens is 1. The van der Waals surface area contributed by atoms with Crippen molar-refractivity contribution in [2.75, 3.05) is 6.61 Å². The van der Waals surface area contributed by atoms with Gasteiger partial charge in [0.1, 0.15) is 12.3 Å². The molecule has 0 amide bonds. The third-order valence-corrected chi connectivity index (χ3v) is 3.89. The Morgan fingerprint density at radius 3 is 2.95 bits per heavy atom. The van der Waals surface area contributed by atoms with E-state index in [1.807, 2.05) is 24.3 Å². The van der Waals surface area contributed by atoms with Crippen molar-refractivity contribution in [3.05, 3.63) is 50.6 Å². The lowest BCUT2D eigenvalue weighted by Crippen LogP contribution is -2.30. The highest BCUT2D eigenvalue weighted by molar-refractivity contribution is 9.10. The summed E-state index contributed by atoms with van der Waals surface area (Å²) in [5.74, 6) is -0.188. The van der Waals surface area contributed by atoms with E-state index in [4.69, 9.17) is 9.47 Å². The number of aromatic nitrogens is 2. The van der Waals surface area contributed by atoms with E-state index in [1.54, 1.807) is 4.57 Å². The van der Waals surface area contributed by atoms with Gasteiger partial charge in [0.25, 0.3) is 0 Å². The Kier molecular flexibility index (Phi) is 4.39. The zero-order chi connectivity index (χ0) is 15.5. The molecule has 1 atom stereocenters. The molecule has 8 heteroatoms. The summed E-state index contributed by atoms with van der Waals surface area (Å²) in [6.45, 7) is 1.57. The van der Waals surface area contributed by atoms with Crippen LogP contribution in [0.25, 0.3) is 0 Å². The number of benzene rings is 1. The predicted molar refractivity (Wildman–Crippen MR) is 81.7 cm³/mol. The summed E-state index contributed by atoms with van der Waals surface area (Å²) in [7, 11) is 0. The van der Waals surface area contributed by atoms with Crippen LogP contribution in [-0.2, 0) is 17.9 Å². The van der Waals surface area contributed by atoms with Crippen molar-refractivity contribution in [1.29, 1.82) is 0 Å². The molecule has 7 nitrogen and oxygen atoms in total. The van der Waals surface area contributed by atoms with Gasteiger partial charge in [-0.2, -0.15) is 0 Å². The number of ether oxygens (including phenoxy) is 2. The van der Waals surface area contributed by atoms with Crippen LogP contribution in [0.4, 0.5) is 5.82 Å². The molecule has 1 aliphatic heterocycles. The normalized spacial score (nSPS) is 16.9. The van der Waals surface area contributed by atoms with E-state index in [0.717, 1.165) is 16.5 Å². The van der Waals surface area contributed by atoms with Gasteiger partial charge in [-0.05, 0) is 22.6 Å². The molecule has 0 fully saturated rings. The van der Waals surface area contributed by atoms with Gasteiger partial charge >= 0.3 is 11.8 Å². The van der Waals surface area contributed by atoms with Gasteiger partial charge < -0.3 is 19.6 Å². The molecule has 0 spiro atoms. The van der Waals surface area contributed by atoms with E-state index in [-0.39, 0.29) is 17.9 Å². The maximum absolute atomic E-state index is 10.7. The Bertz CT molecular complexity index is 671. The number of hydrogen-bond acceptors (Lipinski definition) is 5. The summed E-state index contributed by atoms with van der Waals surface area (Å²) >= 11 is 3.39. The highest BCUT2D eigenvalue weighted by Gasteiger charge is 2.28. The molecule has 1 aromatic heterocycles. The fraction of sp³-hybridized carbons (Fsp3) is 0.357. The first-order valence-electron chi connectivity index (χ1n) is 6.82. The van der Waals surface area contributed by atoms with E-state index in [9.17, 15) is 10.1 Å². The Morgan fingerprint density at radius 1 is 1.45 bits per heavy atom. The first-order chi connectivity index (χ1) is 10.6. The molecule has 0 saturated carbocycles. The first kappa shape index (κ1) is 15.0. The second-order valence-corrected chi connectivity index (χ2v) is 5.92. The van der Waals surface area contributed by atoms with Gasteiger partial charge in [-0.3, -0.25) is 4.57 Å². The van der Waals surface area contributed by atoms with Crippen LogP contribution < -0.4 is 4.74 Å². The quantitative estimate of drug-likeness (QED) is 0.599. The minimum absolute atomic E-state index is 0.134. The Hall–Kier alpha value is -1.93. The number of rotatable bonds is 5. The number of hydrogen-bond donors (Lipinski definition) is 0. The van der Waals surface area contributed by atoms with Gasteiger partial charge in [-0.25, -0.2) is 0 Å². The molecular formula is C14H14BrN3O4. The van der Waals surface area contributed by atoms with Crippen LogP contribution in [0, 0.1) is 10.1 Å². The van der Waals surface area contributed by atoms with Crippen LogP contribution in [-0.4, -0.2) is 27.2 Å². The van der Waals surface area contributed by atoms with Gasteiger partial charge in [0.2, 0.25) is 0 Å². The average molecular weight is 368 g/mol. The SMILES string of the molecule is O=[N+]([O-])c1cn2c(n1)O[C@@H](COCc1ccc(Br)cc1)CC2. The van der Waals surface area contributed by atoms with Gasteiger partial charge in [-0.15, -0.1) is 0 Å². The summed E-state index contributed by atoms with van der Waals surface area (Å²) in [6.07, 6.45) is 2.00. The zero-order valence-electron chi connectivity index (χ0n) is 11.6. The van der Waals surface area contributed by atoms with Crippen molar-refractivity contribution in [2.24, 2.45) is 0 Å². The van der Waals surface area contributed by atoms with Crippen molar-refractivity contribution < 1.29 is 14.4 Å². The second kappa shape index (κ2) is 6.45. The van der Waals surface area contributed by atoms with E-state index in [2.05, 4.69) is 20.9 Å². The lowest BCUT2D eigenvalue weighted by Gasteiger charge is -2.21. The summed E-state index contributed by atoms with van der Waals surface area (Å²) in [6, 6.07) is 8.19. The smallest absolute Gasteiger partial charge is 0.414 e. The summed E-state index contributed by atoms with van der Waals surface area (Å²) in [5.41, 5.74) is 1.08. The van der Waals surface area contributed by atoms with Crippen LogP contribution in [0.2, 0.25) is 0 Å². The lowest BCUT2D eigenvalue weighted by molar-refractivity contribution is -0.389. The van der Waals surface area contributed by atoms with Crippen molar-refractivity contribution in [1.82, 2.24) is 9.55 Å². The molecule has 2 aromatic rings. The van der Waals surface area contributed by atoms with Crippen molar-refractivity contribution in [2.45, 2.75) is 25.7 Å². The van der Waals surface area contributed by atoms with Crippen LogP contribution in [0.15, 0.2) is 34.9 Å². The molecule has 3 rings (SSSR count). The Morgan fingerprint density at radius 2 is 2.23 bits per heavy atom. The van der Waals surface area contributed by atoms with Gasteiger partial charge in [-0.1, -0.05) is 28.1 Å². The molecule has 0 radical (unpaired) electrons. The third kappa shape index (κ3) is 3.45. The molecule has 1 aromatic carbocycles. The Balaban J connectivity index is 1.52. The largest absolute Gasteiger partial charge is 0.440 e. The second-order valence-electron chi connectivity index (χ2n) is 5.00. The molecule has 2 heterocycles. The van der Waals surface area contributed by atoms with E-state index >= 15 is 0 Å². The van der Waals surface area contributed by atoms with E-state index < -0.39 is 4.92 Å². The monoisotopic (exact) mass is 367 g/mol. The highest BCUT2D eigenvalue weighted by atomic mass is 79.9. The number of fused-ring (bicyclic) bond motifs is 1. The fourth-order valence-electron chi connectivity index (χ4n) is 2.23. The predicted octanol–water partition coefficient (Wildman–Crippen LogP) is 2.92. The minimum Gasteiger partial charge on any atom is -0.440 e. The van der Waals surface area contributed by atoms with Crippen LogP contribution in [0.1, 0.15) is 12.0 Å². The maximum Gasteiger partial charge on any atom is 0.414 e. The van der Waals surface area contributed by atoms with Crippen LogP contribution in [0.3, 0.4) is 0 Å². The maximum atomic E-state index is 10.7. The topological polar surface area (TPSA) is 79.4 Å². The lowest BCUT2D eigenvalue weighted by atomic mass is 10.2. The van der Waals surface area contributed by atoms with Crippen LogP contribution >= 0.6 is 15.9 Å². The van der Waals surface area contributed by atoms with Gasteiger partial charge in [0.15, 0.2) is 0 Å². The van der Waals surface area contributed by atoms with Crippen LogP contribution in [0.5, 0.6) is 6.01 Å². The number of imidazole rings is 1. The molecule has 0 saturated heterocycles. The molecule has 22 heavy (non-hydrogen) atoms. The van der Waals surface area contributed by atoms with Crippen molar-refractivity contribution in [3.8, 4) is 6.01 Å². The number of nitrogens with zero attached hydrogens (tertiary/aromatic N) is 3.